The van der Waals surface area contributed by atoms with Gasteiger partial charge in [0, 0.05) is 20.9 Å². The topological polar surface area (TPSA) is 17.8 Å². The quantitative estimate of drug-likeness (QED) is 0.409. The van der Waals surface area contributed by atoms with Gasteiger partial charge < -0.3 is 0 Å². The van der Waals surface area contributed by atoms with Crippen molar-refractivity contribution in [2.24, 2.45) is 0 Å². The maximum atomic E-state index is 13.3. The van der Waals surface area contributed by atoms with E-state index in [1.165, 1.54) is 12.1 Å². The van der Waals surface area contributed by atoms with Gasteiger partial charge in [-0.05, 0) is 59.0 Å². The molecule has 0 amide bonds. The first-order valence-corrected chi connectivity index (χ1v) is 8.27. The van der Waals surface area contributed by atoms with Crippen molar-refractivity contribution in [3.8, 4) is 5.69 Å². The number of fused-ring (bicyclic) bond motifs is 1. The average Bonchev–Trinajstić information content (AvgIpc) is 2.77. The molecule has 0 unspecified atom stereocenters. The molecule has 21 heavy (non-hydrogen) atoms. The molecule has 0 aliphatic carbocycles. The van der Waals surface area contributed by atoms with Crippen LogP contribution in [0.25, 0.3) is 16.7 Å². The van der Waals surface area contributed by atoms with E-state index in [0.29, 0.717) is 17.3 Å². The molecule has 0 aliphatic heterocycles. The molecular weight excluding hydrogens is 425 g/mol. The molecule has 0 fully saturated rings. The van der Waals surface area contributed by atoms with Crippen molar-refractivity contribution in [3.05, 3.63) is 56.6 Å². The molecule has 0 N–H and O–H groups in total. The van der Waals surface area contributed by atoms with Gasteiger partial charge in [0.2, 0.25) is 0 Å². The van der Waals surface area contributed by atoms with Crippen LogP contribution in [0.4, 0.5) is 4.39 Å². The standard InChI is InChI=1S/C15H10Cl2FIN2/c16-6-5-15-20-12-3-1-9(17)7-14(12)21(15)13-4-2-10(18)8-11(13)19/h1-4,7-8H,5-6H2. The van der Waals surface area contributed by atoms with E-state index in [1.54, 1.807) is 12.1 Å². The lowest BCUT2D eigenvalue weighted by molar-refractivity contribution is 0.626. The number of aryl methyl sites for hydroxylation is 1. The van der Waals surface area contributed by atoms with Crippen molar-refractivity contribution in [2.45, 2.75) is 6.42 Å². The summed E-state index contributed by atoms with van der Waals surface area (Å²) in [7, 11) is 0. The smallest absolute Gasteiger partial charge is 0.124 e. The molecule has 0 atom stereocenters. The Hall–Kier alpha value is -0.850. The van der Waals surface area contributed by atoms with Gasteiger partial charge in [0.05, 0.1) is 16.7 Å². The monoisotopic (exact) mass is 434 g/mol. The number of aromatic nitrogens is 2. The van der Waals surface area contributed by atoms with Crippen molar-refractivity contribution in [2.75, 3.05) is 5.88 Å². The molecule has 1 aromatic heterocycles. The first-order chi connectivity index (χ1) is 10.1. The van der Waals surface area contributed by atoms with Gasteiger partial charge in [0.15, 0.2) is 0 Å². The predicted octanol–water partition coefficient (Wildman–Crippen LogP) is 5.20. The van der Waals surface area contributed by atoms with E-state index >= 15 is 0 Å². The first-order valence-electron chi connectivity index (χ1n) is 6.28. The second kappa shape index (κ2) is 6.10. The summed E-state index contributed by atoms with van der Waals surface area (Å²) in [5, 5.41) is 0.637. The Morgan fingerprint density at radius 3 is 2.71 bits per heavy atom. The third-order valence-corrected chi connectivity index (χ3v) is 4.44. The molecule has 0 saturated carbocycles. The van der Waals surface area contributed by atoms with Crippen molar-refractivity contribution in [1.29, 1.82) is 0 Å². The van der Waals surface area contributed by atoms with Gasteiger partial charge in [-0.15, -0.1) is 11.6 Å². The summed E-state index contributed by atoms with van der Waals surface area (Å²) in [6.07, 6.45) is 0.626. The highest BCUT2D eigenvalue weighted by molar-refractivity contribution is 14.1. The Morgan fingerprint density at radius 2 is 2.00 bits per heavy atom. The highest BCUT2D eigenvalue weighted by atomic mass is 127. The molecule has 0 spiro atoms. The fourth-order valence-electron chi connectivity index (χ4n) is 2.28. The van der Waals surface area contributed by atoms with Crippen LogP contribution in [0.2, 0.25) is 5.02 Å². The van der Waals surface area contributed by atoms with E-state index in [2.05, 4.69) is 27.6 Å². The van der Waals surface area contributed by atoms with Gasteiger partial charge in [-0.3, -0.25) is 4.57 Å². The van der Waals surface area contributed by atoms with Gasteiger partial charge >= 0.3 is 0 Å². The van der Waals surface area contributed by atoms with Crippen LogP contribution < -0.4 is 0 Å². The van der Waals surface area contributed by atoms with Crippen LogP contribution in [0.15, 0.2) is 36.4 Å². The van der Waals surface area contributed by atoms with Gasteiger partial charge in [0.25, 0.3) is 0 Å². The Kier molecular flexibility index (Phi) is 4.38. The van der Waals surface area contributed by atoms with E-state index in [1.807, 2.05) is 16.7 Å². The fraction of sp³-hybridized carbons (Fsp3) is 0.133. The molecule has 108 valence electrons. The summed E-state index contributed by atoms with van der Waals surface area (Å²) in [5.74, 6) is 1.05. The average molecular weight is 435 g/mol. The van der Waals surface area contributed by atoms with Crippen LogP contribution in [0.1, 0.15) is 5.82 Å². The second-order valence-corrected chi connectivity index (χ2v) is 6.51. The SMILES string of the molecule is Fc1ccc(-n2c(CCCl)nc3ccc(Cl)cc32)c(I)c1. The van der Waals surface area contributed by atoms with Crippen LogP contribution in [-0.4, -0.2) is 15.4 Å². The molecule has 0 bridgehead atoms. The van der Waals surface area contributed by atoms with Crippen LogP contribution in [0, 0.1) is 9.39 Å². The van der Waals surface area contributed by atoms with E-state index in [9.17, 15) is 4.39 Å². The van der Waals surface area contributed by atoms with E-state index < -0.39 is 0 Å². The highest BCUT2D eigenvalue weighted by Crippen LogP contribution is 2.28. The number of benzene rings is 2. The van der Waals surface area contributed by atoms with Gasteiger partial charge in [-0.25, -0.2) is 9.37 Å². The molecule has 1 heterocycles. The molecule has 0 saturated heterocycles. The number of rotatable bonds is 3. The van der Waals surface area contributed by atoms with Crippen LogP contribution >= 0.6 is 45.8 Å². The Labute approximate surface area is 145 Å². The summed E-state index contributed by atoms with van der Waals surface area (Å²) < 4.78 is 16.1. The second-order valence-electron chi connectivity index (χ2n) is 4.53. The molecule has 2 aromatic carbocycles. The molecular formula is C15H10Cl2FIN2. The summed E-state index contributed by atoms with van der Waals surface area (Å²) in [6, 6.07) is 10.2. The Bertz CT molecular complexity index is 817. The van der Waals surface area contributed by atoms with Gasteiger partial charge in [-0.1, -0.05) is 11.6 Å². The van der Waals surface area contributed by atoms with Crippen LogP contribution in [0.5, 0.6) is 0 Å². The Morgan fingerprint density at radius 1 is 1.19 bits per heavy atom. The van der Waals surface area contributed by atoms with Gasteiger partial charge in [-0.2, -0.15) is 0 Å². The third-order valence-electron chi connectivity index (χ3n) is 3.15. The minimum Gasteiger partial charge on any atom is -0.295 e. The third kappa shape index (κ3) is 2.89. The van der Waals surface area contributed by atoms with E-state index in [-0.39, 0.29) is 5.82 Å². The molecule has 0 radical (unpaired) electrons. The van der Waals surface area contributed by atoms with E-state index in [0.717, 1.165) is 26.1 Å². The minimum absolute atomic E-state index is 0.260. The van der Waals surface area contributed by atoms with Crippen molar-refractivity contribution in [1.82, 2.24) is 9.55 Å². The largest absolute Gasteiger partial charge is 0.295 e. The number of hydrogen-bond acceptors (Lipinski definition) is 1. The normalized spacial score (nSPS) is 11.2. The number of hydrogen-bond donors (Lipinski definition) is 0. The lowest BCUT2D eigenvalue weighted by Crippen LogP contribution is -2.04. The van der Waals surface area contributed by atoms with Crippen molar-refractivity contribution in [3.63, 3.8) is 0 Å². The summed E-state index contributed by atoms with van der Waals surface area (Å²) in [5.41, 5.74) is 2.62. The van der Waals surface area contributed by atoms with Crippen LogP contribution in [0.3, 0.4) is 0 Å². The fourth-order valence-corrected chi connectivity index (χ4v) is 3.34. The van der Waals surface area contributed by atoms with E-state index in [4.69, 9.17) is 23.2 Å². The van der Waals surface area contributed by atoms with Crippen molar-refractivity contribution >= 4 is 56.8 Å². The summed E-state index contributed by atoms with van der Waals surface area (Å²) in [6.45, 7) is 0. The molecule has 2 nitrogen and oxygen atoms in total. The summed E-state index contributed by atoms with van der Waals surface area (Å²) >= 11 is 14.1. The zero-order valence-corrected chi connectivity index (χ0v) is 14.5. The molecule has 0 aliphatic rings. The zero-order chi connectivity index (χ0) is 15.0. The predicted molar refractivity (Wildman–Crippen MR) is 93.2 cm³/mol. The molecule has 3 rings (SSSR count). The number of imidazole rings is 1. The highest BCUT2D eigenvalue weighted by Gasteiger charge is 2.15. The maximum Gasteiger partial charge on any atom is 0.124 e. The van der Waals surface area contributed by atoms with Crippen LogP contribution in [-0.2, 0) is 6.42 Å². The number of alkyl halides is 1. The van der Waals surface area contributed by atoms with Gasteiger partial charge in [0.1, 0.15) is 11.6 Å². The minimum atomic E-state index is -0.260. The lowest BCUT2D eigenvalue weighted by atomic mass is 10.2. The lowest BCUT2D eigenvalue weighted by Gasteiger charge is -2.11. The number of nitrogens with zero attached hydrogens (tertiary/aromatic N) is 2. The Balaban J connectivity index is 2.32. The summed E-state index contributed by atoms with van der Waals surface area (Å²) in [4.78, 5) is 4.61. The van der Waals surface area contributed by atoms with Crippen molar-refractivity contribution < 1.29 is 4.39 Å². The molecule has 3 aromatic rings. The maximum absolute atomic E-state index is 13.3. The zero-order valence-electron chi connectivity index (χ0n) is 10.8. The first kappa shape index (κ1) is 15.1. The number of halogens is 4. The molecule has 6 heteroatoms.